The number of rotatable bonds is 4. The molecule has 0 amide bonds. The molecule has 1 aromatic heterocycles. The molecule has 0 saturated heterocycles. The van der Waals surface area contributed by atoms with E-state index in [1.807, 2.05) is 0 Å². The van der Waals surface area contributed by atoms with Gasteiger partial charge in [0.1, 0.15) is 0 Å². The van der Waals surface area contributed by atoms with Gasteiger partial charge in [0.15, 0.2) is 0 Å². The number of nitrogens with one attached hydrogen (secondary N) is 1. The minimum Gasteiger partial charge on any atom is -0.393 e. The summed E-state index contributed by atoms with van der Waals surface area (Å²) in [5, 5.41) is 21.6. The van der Waals surface area contributed by atoms with Crippen LogP contribution in [0.1, 0.15) is 78.6 Å². The number of aryl methyl sites for hydroxylation is 1. The van der Waals surface area contributed by atoms with E-state index in [-0.39, 0.29) is 23.0 Å². The zero-order valence-electron chi connectivity index (χ0n) is 19.8. The lowest BCUT2D eigenvalue weighted by molar-refractivity contribution is -0.174. The quantitative estimate of drug-likeness (QED) is 0.656. The first-order chi connectivity index (χ1) is 15.1. The molecule has 3 N–H and O–H groups in total. The summed E-state index contributed by atoms with van der Waals surface area (Å²) >= 11 is 0. The minimum absolute atomic E-state index is 0.195. The number of aliphatic hydroxyl groups is 2. The molecule has 1 aromatic rings. The van der Waals surface area contributed by atoms with Crippen molar-refractivity contribution in [3.05, 3.63) is 21.0 Å². The minimum atomic E-state index is -0.692. The molecule has 4 fully saturated rings. The number of aromatic nitrogens is 2. The summed E-state index contributed by atoms with van der Waals surface area (Å²) in [7, 11) is 0. The summed E-state index contributed by atoms with van der Waals surface area (Å²) in [6, 6.07) is 0. The van der Waals surface area contributed by atoms with Gasteiger partial charge in [0, 0.05) is 0 Å². The van der Waals surface area contributed by atoms with Crippen LogP contribution < -0.4 is 11.4 Å². The van der Waals surface area contributed by atoms with Gasteiger partial charge in [0.05, 0.1) is 18.8 Å². The number of H-pyrrole nitrogens is 1. The van der Waals surface area contributed by atoms with Crippen LogP contribution in [-0.4, -0.2) is 32.1 Å². The van der Waals surface area contributed by atoms with Gasteiger partial charge in [-0.25, -0.2) is 14.6 Å². The molecule has 180 valence electrons. The molecule has 7 heteroatoms. The van der Waals surface area contributed by atoms with E-state index in [0.717, 1.165) is 36.8 Å². The van der Waals surface area contributed by atoms with E-state index in [1.54, 1.807) is 0 Å². The van der Waals surface area contributed by atoms with Gasteiger partial charge in [-0.15, -0.1) is 0 Å². The lowest BCUT2D eigenvalue weighted by Gasteiger charge is -2.62. The predicted molar refractivity (Wildman–Crippen MR) is 120 cm³/mol. The highest BCUT2D eigenvalue weighted by atomic mass is 16.5. The third kappa shape index (κ3) is 3.37. The van der Waals surface area contributed by atoms with Crippen molar-refractivity contribution >= 4 is 0 Å². The SMILES string of the molecule is C[C@H](CCn1oc(=O)[nH]c1=O)[C@H]1CC[C@H]2[C@@H]3[C@H](O)C[C@@H]4C[C@H](O)CC[C@]4(C)[C@H]3CC[C@]12C. The van der Waals surface area contributed by atoms with Crippen LogP contribution in [0.4, 0.5) is 0 Å². The highest BCUT2D eigenvalue weighted by Crippen LogP contribution is 2.68. The zero-order chi connectivity index (χ0) is 22.8. The van der Waals surface area contributed by atoms with Crippen molar-refractivity contribution < 1.29 is 14.7 Å². The molecule has 0 radical (unpaired) electrons. The molecule has 7 nitrogen and oxygen atoms in total. The Morgan fingerprint density at radius 3 is 2.50 bits per heavy atom. The first-order valence-corrected chi connectivity index (χ1v) is 12.8. The summed E-state index contributed by atoms with van der Waals surface area (Å²) in [5.74, 6) is 2.19. The third-order valence-corrected chi connectivity index (χ3v) is 10.8. The van der Waals surface area contributed by atoms with Crippen molar-refractivity contribution in [1.29, 1.82) is 0 Å². The molecule has 10 atom stereocenters. The van der Waals surface area contributed by atoms with E-state index in [2.05, 4.69) is 25.8 Å². The van der Waals surface area contributed by atoms with Crippen molar-refractivity contribution in [1.82, 2.24) is 9.72 Å². The topological polar surface area (TPSA) is 108 Å². The van der Waals surface area contributed by atoms with Gasteiger partial charge in [0.2, 0.25) is 0 Å². The van der Waals surface area contributed by atoms with E-state index in [4.69, 9.17) is 4.52 Å². The molecule has 32 heavy (non-hydrogen) atoms. The zero-order valence-corrected chi connectivity index (χ0v) is 19.8. The summed E-state index contributed by atoms with van der Waals surface area (Å²) in [6.45, 7) is 7.60. The van der Waals surface area contributed by atoms with Crippen molar-refractivity contribution in [2.45, 2.75) is 97.3 Å². The number of hydrogen-bond donors (Lipinski definition) is 3. The molecule has 0 bridgehead atoms. The Hall–Kier alpha value is -1.34. The summed E-state index contributed by atoms with van der Waals surface area (Å²) in [6.07, 6.45) is 8.77. The molecular formula is C25H40N2O5. The van der Waals surface area contributed by atoms with Crippen LogP contribution in [0.25, 0.3) is 0 Å². The number of fused-ring (bicyclic) bond motifs is 5. The molecule has 0 aliphatic heterocycles. The molecule has 4 aliphatic rings. The number of aromatic amines is 1. The van der Waals surface area contributed by atoms with Crippen LogP contribution in [-0.2, 0) is 6.54 Å². The monoisotopic (exact) mass is 448 g/mol. The fourth-order valence-electron chi connectivity index (χ4n) is 9.16. The second kappa shape index (κ2) is 7.86. The summed E-state index contributed by atoms with van der Waals surface area (Å²) in [4.78, 5) is 25.2. The second-order valence-corrected chi connectivity index (χ2v) is 12.1. The first-order valence-electron chi connectivity index (χ1n) is 12.8. The predicted octanol–water partition coefficient (Wildman–Crippen LogP) is 3.15. The molecule has 1 heterocycles. The first kappa shape index (κ1) is 22.5. The van der Waals surface area contributed by atoms with Gasteiger partial charge in [-0.1, -0.05) is 20.8 Å². The van der Waals surface area contributed by atoms with E-state index >= 15 is 0 Å². The Labute approximate surface area is 189 Å². The number of hydrogen-bond acceptors (Lipinski definition) is 5. The largest absolute Gasteiger partial charge is 0.440 e. The molecule has 4 saturated carbocycles. The Bertz CT molecular complexity index is 951. The Morgan fingerprint density at radius 2 is 1.78 bits per heavy atom. The lowest BCUT2D eigenvalue weighted by Crippen LogP contribution is -2.58. The van der Waals surface area contributed by atoms with Crippen LogP contribution in [0.5, 0.6) is 0 Å². The van der Waals surface area contributed by atoms with Gasteiger partial charge >= 0.3 is 11.4 Å². The van der Waals surface area contributed by atoms with Crippen LogP contribution in [0.2, 0.25) is 0 Å². The van der Waals surface area contributed by atoms with E-state index in [1.165, 1.54) is 25.7 Å². The molecular weight excluding hydrogens is 408 g/mol. The van der Waals surface area contributed by atoms with E-state index < -0.39 is 11.4 Å². The molecule has 0 unspecified atom stereocenters. The van der Waals surface area contributed by atoms with Gasteiger partial charge < -0.3 is 14.7 Å². The third-order valence-electron chi connectivity index (χ3n) is 10.8. The van der Waals surface area contributed by atoms with Crippen LogP contribution in [0.15, 0.2) is 14.1 Å². The Balaban J connectivity index is 1.33. The Morgan fingerprint density at radius 1 is 1.06 bits per heavy atom. The standard InChI is InChI=1S/C25H40N2O5/c1-14(8-11-27-22(30)26-23(31)32-27)17-4-5-18-21-19(7-10-25(17,18)3)24(2)9-6-16(28)12-15(24)13-20(21)29/h14-21,28-29H,4-13H2,1-3H3,(H,26,30,31)/t14-,15+,16-,17-,18+,19+,20-,21+,24+,25-/m1/s1. The maximum absolute atomic E-state index is 11.8. The average molecular weight is 449 g/mol. The molecule has 0 spiro atoms. The maximum atomic E-state index is 11.8. The van der Waals surface area contributed by atoms with Crippen molar-refractivity contribution in [2.75, 3.05) is 0 Å². The highest BCUT2D eigenvalue weighted by Gasteiger charge is 2.62. The van der Waals surface area contributed by atoms with Crippen LogP contribution in [0.3, 0.4) is 0 Å². The van der Waals surface area contributed by atoms with Gasteiger partial charge in [-0.2, -0.15) is 4.74 Å². The van der Waals surface area contributed by atoms with Gasteiger partial charge in [-0.3, -0.25) is 0 Å². The number of aliphatic hydroxyl groups excluding tert-OH is 2. The van der Waals surface area contributed by atoms with Crippen LogP contribution >= 0.6 is 0 Å². The average Bonchev–Trinajstić information content (AvgIpc) is 3.25. The summed E-state index contributed by atoms with van der Waals surface area (Å²) in [5.41, 5.74) is -0.00623. The summed E-state index contributed by atoms with van der Waals surface area (Å²) < 4.78 is 6.10. The fraction of sp³-hybridized carbons (Fsp3) is 0.920. The molecule has 5 rings (SSSR count). The molecule has 0 aromatic carbocycles. The smallest absolute Gasteiger partial charge is 0.393 e. The maximum Gasteiger partial charge on any atom is 0.440 e. The lowest BCUT2D eigenvalue weighted by atomic mass is 9.43. The van der Waals surface area contributed by atoms with Crippen molar-refractivity contribution in [2.24, 2.45) is 46.3 Å². The van der Waals surface area contributed by atoms with Crippen LogP contribution in [0, 0.1) is 46.3 Å². The van der Waals surface area contributed by atoms with E-state index in [9.17, 15) is 19.8 Å². The normalized spacial score (nSPS) is 46.8. The van der Waals surface area contributed by atoms with Crippen molar-refractivity contribution in [3.63, 3.8) is 0 Å². The Kier molecular flexibility index (Phi) is 5.52. The highest BCUT2D eigenvalue weighted by molar-refractivity contribution is 5.11. The van der Waals surface area contributed by atoms with E-state index in [0.29, 0.717) is 42.1 Å². The number of nitrogens with zero attached hydrogens (tertiary/aromatic N) is 1. The van der Waals surface area contributed by atoms with Gasteiger partial charge in [-0.05, 0) is 104 Å². The second-order valence-electron chi connectivity index (χ2n) is 12.1. The fourth-order valence-corrected chi connectivity index (χ4v) is 9.16. The molecule has 4 aliphatic carbocycles. The van der Waals surface area contributed by atoms with Gasteiger partial charge in [0.25, 0.3) is 0 Å². The van der Waals surface area contributed by atoms with Crippen molar-refractivity contribution in [3.8, 4) is 0 Å².